The van der Waals surface area contributed by atoms with Gasteiger partial charge >= 0.3 is 0 Å². The van der Waals surface area contributed by atoms with E-state index in [1.54, 1.807) is 16.8 Å². The van der Waals surface area contributed by atoms with Gasteiger partial charge in [0, 0.05) is 13.1 Å². The Labute approximate surface area is 214 Å². The number of rotatable bonds is 7. The average molecular weight is 523 g/mol. The lowest BCUT2D eigenvalue weighted by atomic mass is 10.2. The molecular formula is C26H26N4O4S2. The van der Waals surface area contributed by atoms with E-state index >= 15 is 0 Å². The highest BCUT2D eigenvalue weighted by atomic mass is 32.2. The van der Waals surface area contributed by atoms with Gasteiger partial charge in [-0.15, -0.1) is 11.3 Å². The van der Waals surface area contributed by atoms with Crippen LogP contribution in [0.4, 0.5) is 5.69 Å². The van der Waals surface area contributed by atoms with Crippen molar-refractivity contribution < 1.29 is 17.9 Å². The van der Waals surface area contributed by atoms with Crippen LogP contribution in [0.15, 0.2) is 77.0 Å². The van der Waals surface area contributed by atoms with Gasteiger partial charge in [0.05, 0.1) is 28.3 Å². The lowest BCUT2D eigenvalue weighted by Gasteiger charge is -2.26. The van der Waals surface area contributed by atoms with Crippen molar-refractivity contribution >= 4 is 33.0 Å². The lowest BCUT2D eigenvalue weighted by molar-refractivity contribution is 0.101. The third kappa shape index (κ3) is 4.79. The highest BCUT2D eigenvalue weighted by Crippen LogP contribution is 2.31. The fourth-order valence-corrected chi connectivity index (χ4v) is 6.46. The molecule has 3 heterocycles. The molecule has 0 aliphatic carbocycles. The lowest BCUT2D eigenvalue weighted by Crippen LogP contribution is -2.35. The Morgan fingerprint density at radius 3 is 2.47 bits per heavy atom. The fraction of sp³-hybridized carbons (Fsp3) is 0.231. The first-order valence-corrected chi connectivity index (χ1v) is 14.0. The zero-order valence-corrected chi connectivity index (χ0v) is 21.4. The first kappa shape index (κ1) is 24.2. The molecule has 0 bridgehead atoms. The number of nitrogens with zero attached hydrogens (tertiary/aromatic N) is 3. The standard InChI is InChI=1S/C26H26N4O4S2/c1-34-24-13-12-20(36(32,33)29-14-6-3-7-15-29)17-21(24)27-26(31)23-18-22(25-11-8-16-35-25)28-30(23)19-9-4-2-5-10-19/h2,4-5,8-13,16-18H,3,6-7,14-15H2,1H3,(H,27,31). The predicted molar refractivity (Wildman–Crippen MR) is 140 cm³/mol. The number of para-hydroxylation sites is 1. The number of amides is 1. The summed E-state index contributed by atoms with van der Waals surface area (Å²) < 4.78 is 35.0. The minimum Gasteiger partial charge on any atom is -0.495 e. The normalized spacial score (nSPS) is 14.5. The minimum absolute atomic E-state index is 0.122. The van der Waals surface area contributed by atoms with Gasteiger partial charge < -0.3 is 10.1 Å². The molecule has 10 heteroatoms. The van der Waals surface area contributed by atoms with Crippen molar-refractivity contribution in [3.63, 3.8) is 0 Å². The molecule has 0 atom stereocenters. The van der Waals surface area contributed by atoms with Crippen LogP contribution in [-0.4, -0.2) is 48.6 Å². The highest BCUT2D eigenvalue weighted by molar-refractivity contribution is 7.89. The van der Waals surface area contributed by atoms with Crippen molar-refractivity contribution in [2.45, 2.75) is 24.2 Å². The van der Waals surface area contributed by atoms with Crippen molar-refractivity contribution in [2.75, 3.05) is 25.5 Å². The molecule has 4 aromatic rings. The number of piperidine rings is 1. The van der Waals surface area contributed by atoms with Crippen LogP contribution >= 0.6 is 11.3 Å². The smallest absolute Gasteiger partial charge is 0.274 e. The first-order chi connectivity index (χ1) is 17.5. The van der Waals surface area contributed by atoms with Crippen molar-refractivity contribution in [3.05, 3.63) is 77.8 Å². The predicted octanol–water partition coefficient (Wildman–Crippen LogP) is 5.04. The molecule has 1 N–H and O–H groups in total. The zero-order chi connectivity index (χ0) is 25.1. The Bertz CT molecular complexity index is 1460. The molecule has 1 amide bonds. The summed E-state index contributed by atoms with van der Waals surface area (Å²) in [6.45, 7) is 0.996. The van der Waals surface area contributed by atoms with Gasteiger partial charge in [0.25, 0.3) is 5.91 Å². The summed E-state index contributed by atoms with van der Waals surface area (Å²) in [5.74, 6) is -0.0646. The van der Waals surface area contributed by atoms with Gasteiger partial charge in [0.2, 0.25) is 10.0 Å². The van der Waals surface area contributed by atoms with E-state index in [0.717, 1.165) is 29.8 Å². The molecule has 2 aromatic heterocycles. The number of benzene rings is 2. The van der Waals surface area contributed by atoms with Crippen LogP contribution in [-0.2, 0) is 10.0 Å². The van der Waals surface area contributed by atoms with Crippen LogP contribution in [0.5, 0.6) is 5.75 Å². The number of hydrogen-bond acceptors (Lipinski definition) is 6. The second-order valence-corrected chi connectivity index (χ2v) is 11.3. The third-order valence-electron chi connectivity index (χ3n) is 6.09. The molecule has 0 radical (unpaired) electrons. The maximum Gasteiger partial charge on any atom is 0.274 e. The van der Waals surface area contributed by atoms with Gasteiger partial charge in [-0.1, -0.05) is 30.7 Å². The molecule has 36 heavy (non-hydrogen) atoms. The van der Waals surface area contributed by atoms with E-state index in [1.165, 1.54) is 34.9 Å². The van der Waals surface area contributed by atoms with Crippen LogP contribution in [0.1, 0.15) is 29.8 Å². The van der Waals surface area contributed by atoms with Crippen LogP contribution in [0.25, 0.3) is 16.3 Å². The molecule has 0 spiro atoms. The molecule has 0 unspecified atom stereocenters. The molecule has 1 saturated heterocycles. The van der Waals surface area contributed by atoms with E-state index in [0.29, 0.717) is 30.2 Å². The van der Waals surface area contributed by atoms with Crippen molar-refractivity contribution in [1.82, 2.24) is 14.1 Å². The van der Waals surface area contributed by atoms with Crippen LogP contribution in [0.2, 0.25) is 0 Å². The van der Waals surface area contributed by atoms with Crippen molar-refractivity contribution in [3.8, 4) is 22.0 Å². The molecule has 1 fully saturated rings. The number of sulfonamides is 1. The maximum atomic E-state index is 13.5. The van der Waals surface area contributed by atoms with Gasteiger partial charge in [-0.05, 0) is 60.7 Å². The van der Waals surface area contributed by atoms with Crippen LogP contribution in [0.3, 0.4) is 0 Å². The van der Waals surface area contributed by atoms with E-state index in [2.05, 4.69) is 10.4 Å². The summed E-state index contributed by atoms with van der Waals surface area (Å²) in [7, 11) is -2.20. The number of anilines is 1. The van der Waals surface area contributed by atoms with E-state index in [4.69, 9.17) is 4.74 Å². The zero-order valence-electron chi connectivity index (χ0n) is 19.8. The van der Waals surface area contributed by atoms with Gasteiger partial charge in [0.1, 0.15) is 17.1 Å². The number of thiophene rings is 1. The molecule has 1 aliphatic rings. The fourth-order valence-electron chi connectivity index (χ4n) is 4.24. The highest BCUT2D eigenvalue weighted by Gasteiger charge is 2.27. The summed E-state index contributed by atoms with van der Waals surface area (Å²) in [6.07, 6.45) is 2.71. The van der Waals surface area contributed by atoms with Gasteiger partial charge in [-0.3, -0.25) is 4.79 Å². The Kier molecular flexibility index (Phi) is 6.90. The Morgan fingerprint density at radius 2 is 1.78 bits per heavy atom. The Balaban J connectivity index is 1.51. The Morgan fingerprint density at radius 1 is 1.00 bits per heavy atom. The topological polar surface area (TPSA) is 93.5 Å². The summed E-state index contributed by atoms with van der Waals surface area (Å²) >= 11 is 1.53. The van der Waals surface area contributed by atoms with Gasteiger partial charge in [0.15, 0.2) is 0 Å². The average Bonchev–Trinajstić information content (AvgIpc) is 3.60. The minimum atomic E-state index is -3.68. The summed E-state index contributed by atoms with van der Waals surface area (Å²) in [4.78, 5) is 14.6. The van der Waals surface area contributed by atoms with Crippen molar-refractivity contribution in [2.24, 2.45) is 0 Å². The number of ether oxygens (including phenoxy) is 1. The number of nitrogens with one attached hydrogen (secondary N) is 1. The van der Waals surface area contributed by atoms with E-state index in [9.17, 15) is 13.2 Å². The molecular weight excluding hydrogens is 496 g/mol. The molecule has 8 nitrogen and oxygen atoms in total. The van der Waals surface area contributed by atoms with Gasteiger partial charge in [-0.2, -0.15) is 9.40 Å². The van der Waals surface area contributed by atoms with E-state index in [-0.39, 0.29) is 10.6 Å². The maximum absolute atomic E-state index is 13.5. The number of aromatic nitrogens is 2. The number of carbonyl (C=O) groups is 1. The van der Waals surface area contributed by atoms with Crippen LogP contribution in [0, 0.1) is 0 Å². The Hall–Kier alpha value is -3.47. The first-order valence-electron chi connectivity index (χ1n) is 11.7. The molecule has 2 aromatic carbocycles. The number of carbonyl (C=O) groups excluding carboxylic acids is 1. The third-order valence-corrected chi connectivity index (χ3v) is 8.88. The second-order valence-electron chi connectivity index (χ2n) is 8.42. The van der Waals surface area contributed by atoms with Crippen LogP contribution < -0.4 is 10.1 Å². The number of hydrogen-bond donors (Lipinski definition) is 1. The molecule has 0 saturated carbocycles. The monoisotopic (exact) mass is 522 g/mol. The van der Waals surface area contributed by atoms with E-state index in [1.807, 2.05) is 47.8 Å². The largest absolute Gasteiger partial charge is 0.495 e. The summed E-state index contributed by atoms with van der Waals surface area (Å²) in [6, 6.07) is 19.5. The van der Waals surface area contributed by atoms with Crippen molar-refractivity contribution in [1.29, 1.82) is 0 Å². The van der Waals surface area contributed by atoms with E-state index < -0.39 is 15.9 Å². The van der Waals surface area contributed by atoms with Gasteiger partial charge in [-0.25, -0.2) is 13.1 Å². The SMILES string of the molecule is COc1ccc(S(=O)(=O)N2CCCCC2)cc1NC(=O)c1cc(-c2cccs2)nn1-c1ccccc1. The quantitative estimate of drug-likeness (QED) is 0.367. The summed E-state index contributed by atoms with van der Waals surface area (Å²) in [5.41, 5.74) is 2.00. The molecule has 5 rings (SSSR count). The summed E-state index contributed by atoms with van der Waals surface area (Å²) in [5, 5.41) is 9.49. The second kappa shape index (κ2) is 10.3. The number of methoxy groups -OCH3 is 1. The molecule has 186 valence electrons. The molecule has 1 aliphatic heterocycles.